The molecule has 4 atom stereocenters. The highest BCUT2D eigenvalue weighted by Crippen LogP contribution is 2.57. The van der Waals surface area contributed by atoms with E-state index in [1.165, 1.54) is 0 Å². The minimum atomic E-state index is -4.59. The Bertz CT molecular complexity index is 865. The zero-order valence-corrected chi connectivity index (χ0v) is 14.7. The third kappa shape index (κ3) is 2.21. The number of rotatable bonds is 1. The van der Waals surface area contributed by atoms with Crippen LogP contribution in [0.1, 0.15) is 19.4 Å². The number of benzene rings is 1. The summed E-state index contributed by atoms with van der Waals surface area (Å²) in [6.45, 7) is 3.89. The molecule has 2 aliphatic carbocycles. The molecule has 2 fully saturated rings. The number of imide groups is 1. The summed E-state index contributed by atoms with van der Waals surface area (Å²) < 4.78 is 39.1. The summed E-state index contributed by atoms with van der Waals surface area (Å²) in [6, 6.07) is 2.68. The second kappa shape index (κ2) is 5.46. The van der Waals surface area contributed by atoms with Gasteiger partial charge in [-0.3, -0.25) is 9.59 Å². The molecule has 0 N–H and O–H groups in total. The Morgan fingerprint density at radius 2 is 1.58 bits per heavy atom. The minimum Gasteiger partial charge on any atom is -0.274 e. The average molecular weight is 382 g/mol. The molecular formula is C19H15ClF3NO2. The van der Waals surface area contributed by atoms with Crippen LogP contribution in [-0.4, -0.2) is 11.8 Å². The Morgan fingerprint density at radius 3 is 2.04 bits per heavy atom. The quantitative estimate of drug-likeness (QED) is 0.526. The fraction of sp³-hybridized carbons (Fsp3) is 0.368. The van der Waals surface area contributed by atoms with Gasteiger partial charge in [-0.1, -0.05) is 34.9 Å². The largest absolute Gasteiger partial charge is 0.416 e. The highest BCUT2D eigenvalue weighted by Gasteiger charge is 2.62. The Hall–Kier alpha value is -2.08. The number of amides is 2. The average Bonchev–Trinajstić information content (AvgIpc) is 3.18. The Kier molecular flexibility index (Phi) is 3.64. The molecule has 2 amide bonds. The lowest BCUT2D eigenvalue weighted by atomic mass is 9.85. The maximum Gasteiger partial charge on any atom is 0.416 e. The van der Waals surface area contributed by atoms with E-state index >= 15 is 0 Å². The lowest BCUT2D eigenvalue weighted by molar-refractivity contribution is -0.137. The first kappa shape index (κ1) is 17.3. The predicted octanol–water partition coefficient (Wildman–Crippen LogP) is 4.62. The number of hydrogen-bond acceptors (Lipinski definition) is 2. The lowest BCUT2D eigenvalue weighted by Gasteiger charge is -2.21. The molecule has 0 aromatic heterocycles. The fourth-order valence-corrected chi connectivity index (χ4v) is 4.73. The van der Waals surface area contributed by atoms with Crippen LogP contribution in [0.2, 0.25) is 5.02 Å². The number of alkyl halides is 3. The van der Waals surface area contributed by atoms with Crippen molar-refractivity contribution in [2.75, 3.05) is 4.90 Å². The number of anilines is 1. The van der Waals surface area contributed by atoms with Crippen LogP contribution in [0.4, 0.5) is 18.9 Å². The van der Waals surface area contributed by atoms with E-state index in [9.17, 15) is 22.8 Å². The minimum absolute atomic E-state index is 0.0533. The molecule has 1 aromatic carbocycles. The summed E-state index contributed by atoms with van der Waals surface area (Å²) in [4.78, 5) is 26.8. The van der Waals surface area contributed by atoms with Gasteiger partial charge in [0.1, 0.15) is 0 Å². The summed E-state index contributed by atoms with van der Waals surface area (Å²) >= 11 is 6.04. The molecule has 1 saturated carbocycles. The number of hydrogen-bond donors (Lipinski definition) is 0. The van der Waals surface area contributed by atoms with E-state index in [0.717, 1.165) is 34.2 Å². The molecule has 1 aliphatic heterocycles. The highest BCUT2D eigenvalue weighted by molar-refractivity contribution is 6.36. The normalized spacial score (nSPS) is 29.8. The standard InChI is InChI=1S/C19H15ClF3NO2/c1-8(2)14-10-4-5-11(14)16-15(10)17(25)24(18(16)26)13-7-9(19(21,22)23)3-6-12(13)20/h3-7,10-11,15-16H,1-2H3/t10-,11-,15+,16+/m1/s1. The molecule has 1 aromatic rings. The van der Waals surface area contributed by atoms with Gasteiger partial charge in [0.2, 0.25) is 11.8 Å². The van der Waals surface area contributed by atoms with Crippen molar-refractivity contribution in [3.63, 3.8) is 0 Å². The molecule has 136 valence electrons. The van der Waals surface area contributed by atoms with Crippen molar-refractivity contribution in [3.8, 4) is 0 Å². The summed E-state index contributed by atoms with van der Waals surface area (Å²) in [6.07, 6.45) is -0.732. The molecule has 0 spiro atoms. The molecule has 0 radical (unpaired) electrons. The monoisotopic (exact) mass is 381 g/mol. The van der Waals surface area contributed by atoms with Gasteiger partial charge in [0, 0.05) is 11.8 Å². The third-order valence-electron chi connectivity index (χ3n) is 5.51. The number of carbonyl (C=O) groups is 2. The van der Waals surface area contributed by atoms with Crippen LogP contribution in [0.25, 0.3) is 0 Å². The molecular weight excluding hydrogens is 367 g/mol. The smallest absolute Gasteiger partial charge is 0.274 e. The first-order valence-corrected chi connectivity index (χ1v) is 8.61. The third-order valence-corrected chi connectivity index (χ3v) is 5.83. The second-order valence-electron chi connectivity index (χ2n) is 7.12. The van der Waals surface area contributed by atoms with Gasteiger partial charge in [-0.05, 0) is 32.0 Å². The Balaban J connectivity index is 1.78. The topological polar surface area (TPSA) is 37.4 Å². The van der Waals surface area contributed by atoms with Gasteiger partial charge in [-0.2, -0.15) is 13.2 Å². The number of halogens is 4. The first-order valence-electron chi connectivity index (χ1n) is 8.23. The van der Waals surface area contributed by atoms with E-state index < -0.39 is 35.4 Å². The van der Waals surface area contributed by atoms with Gasteiger partial charge in [-0.15, -0.1) is 0 Å². The van der Waals surface area contributed by atoms with Crippen LogP contribution < -0.4 is 4.90 Å². The molecule has 3 nitrogen and oxygen atoms in total. The number of fused-ring (bicyclic) bond motifs is 5. The summed E-state index contributed by atoms with van der Waals surface area (Å²) in [7, 11) is 0. The van der Waals surface area contributed by atoms with Crippen LogP contribution in [0.3, 0.4) is 0 Å². The van der Waals surface area contributed by atoms with Crippen molar-refractivity contribution < 1.29 is 22.8 Å². The number of carbonyl (C=O) groups excluding carboxylic acids is 2. The lowest BCUT2D eigenvalue weighted by Crippen LogP contribution is -2.33. The van der Waals surface area contributed by atoms with Crippen LogP contribution in [0.5, 0.6) is 0 Å². The predicted molar refractivity (Wildman–Crippen MR) is 90.4 cm³/mol. The number of nitrogens with zero attached hydrogens (tertiary/aromatic N) is 1. The van der Waals surface area contributed by atoms with Crippen molar-refractivity contribution in [1.82, 2.24) is 0 Å². The zero-order valence-electron chi connectivity index (χ0n) is 14.0. The van der Waals surface area contributed by atoms with Crippen molar-refractivity contribution in [2.45, 2.75) is 20.0 Å². The summed E-state index contributed by atoms with van der Waals surface area (Å²) in [5.41, 5.74) is 1.02. The van der Waals surface area contributed by atoms with Gasteiger partial charge in [-0.25, -0.2) is 4.90 Å². The molecule has 3 aliphatic rings. The molecule has 7 heteroatoms. The highest BCUT2D eigenvalue weighted by atomic mass is 35.5. The molecule has 26 heavy (non-hydrogen) atoms. The number of allylic oxidation sites excluding steroid dienone is 4. The van der Waals surface area contributed by atoms with Crippen LogP contribution in [0, 0.1) is 23.7 Å². The SMILES string of the molecule is CC(C)=C1[C@H]2C=C[C@H]1[C@@H]1C(=O)N(c3cc(C(F)(F)F)ccc3Cl)C(=O)[C@H]12. The van der Waals surface area contributed by atoms with E-state index in [1.807, 2.05) is 26.0 Å². The molecule has 1 saturated heterocycles. The second-order valence-corrected chi connectivity index (χ2v) is 7.53. The van der Waals surface area contributed by atoms with E-state index in [-0.39, 0.29) is 22.5 Å². The van der Waals surface area contributed by atoms with Gasteiger partial charge in [0.05, 0.1) is 28.1 Å². The van der Waals surface area contributed by atoms with Gasteiger partial charge < -0.3 is 0 Å². The Labute approximate surface area is 153 Å². The van der Waals surface area contributed by atoms with Gasteiger partial charge >= 0.3 is 6.18 Å². The Morgan fingerprint density at radius 1 is 1.04 bits per heavy atom. The van der Waals surface area contributed by atoms with Crippen molar-refractivity contribution in [2.24, 2.45) is 23.7 Å². The van der Waals surface area contributed by atoms with Crippen LogP contribution >= 0.6 is 11.6 Å². The first-order chi connectivity index (χ1) is 12.1. The van der Waals surface area contributed by atoms with Gasteiger partial charge in [0.25, 0.3) is 0 Å². The summed E-state index contributed by atoms with van der Waals surface area (Å²) in [5, 5.41) is -0.0533. The fourth-order valence-electron chi connectivity index (χ4n) is 4.53. The van der Waals surface area contributed by atoms with Crippen molar-refractivity contribution in [3.05, 3.63) is 52.1 Å². The zero-order chi connectivity index (χ0) is 19.0. The van der Waals surface area contributed by atoms with E-state index in [1.54, 1.807) is 0 Å². The summed E-state index contributed by atoms with van der Waals surface area (Å²) in [5.74, 6) is -2.41. The van der Waals surface area contributed by atoms with Crippen LogP contribution in [0.15, 0.2) is 41.5 Å². The van der Waals surface area contributed by atoms with E-state index in [4.69, 9.17) is 11.6 Å². The van der Waals surface area contributed by atoms with Gasteiger partial charge in [0.15, 0.2) is 0 Å². The maximum absolute atomic E-state index is 13.0. The van der Waals surface area contributed by atoms with Crippen molar-refractivity contribution in [1.29, 1.82) is 0 Å². The molecule has 2 bridgehead atoms. The molecule has 4 rings (SSSR count). The van der Waals surface area contributed by atoms with E-state index in [0.29, 0.717) is 0 Å². The molecule has 1 heterocycles. The van der Waals surface area contributed by atoms with Crippen molar-refractivity contribution >= 4 is 29.1 Å². The maximum atomic E-state index is 13.0. The van der Waals surface area contributed by atoms with E-state index in [2.05, 4.69) is 0 Å². The van der Waals surface area contributed by atoms with Crippen LogP contribution in [-0.2, 0) is 15.8 Å². The molecule has 0 unspecified atom stereocenters.